The molecule has 0 unspecified atom stereocenters. The number of hydrogen-bond acceptors (Lipinski definition) is 5. The van der Waals surface area contributed by atoms with Gasteiger partial charge in [-0.05, 0) is 32.0 Å². The van der Waals surface area contributed by atoms with Crippen LogP contribution >= 0.6 is 0 Å². The van der Waals surface area contributed by atoms with E-state index in [0.717, 1.165) is 15.8 Å². The van der Waals surface area contributed by atoms with Gasteiger partial charge in [-0.15, -0.1) is 0 Å². The van der Waals surface area contributed by atoms with E-state index < -0.39 is 5.69 Å². The van der Waals surface area contributed by atoms with Crippen LogP contribution in [0.1, 0.15) is 28.5 Å². The van der Waals surface area contributed by atoms with Crippen molar-refractivity contribution in [3.63, 3.8) is 0 Å². The second kappa shape index (κ2) is 7.58. The van der Waals surface area contributed by atoms with Crippen molar-refractivity contribution in [2.75, 3.05) is 6.61 Å². The number of aliphatic hydroxyl groups is 1. The van der Waals surface area contributed by atoms with Gasteiger partial charge in [0.1, 0.15) is 0 Å². The van der Waals surface area contributed by atoms with Crippen LogP contribution in [0.5, 0.6) is 0 Å². The summed E-state index contributed by atoms with van der Waals surface area (Å²) in [6.45, 7) is 4.48. The standard InChI is InChI=1S/C18H21N5O4/c1-3-23-17(26)14-5-4-12(8-15(14)20-18(23)27)16(25)19-9-13-10-22(6-7-24)21-11(13)2/h4-5,8,10,24H,3,6-7,9H2,1-2H3,(H,19,25)(H,20,27). The maximum Gasteiger partial charge on any atom is 0.328 e. The molecule has 0 bridgehead atoms. The Balaban J connectivity index is 1.82. The molecule has 0 saturated carbocycles. The van der Waals surface area contributed by atoms with Crippen LogP contribution in [0, 0.1) is 6.92 Å². The molecule has 0 aliphatic heterocycles. The first-order valence-corrected chi connectivity index (χ1v) is 8.63. The highest BCUT2D eigenvalue weighted by Crippen LogP contribution is 2.10. The molecule has 142 valence electrons. The summed E-state index contributed by atoms with van der Waals surface area (Å²) in [6, 6.07) is 4.59. The molecule has 1 aromatic carbocycles. The van der Waals surface area contributed by atoms with E-state index in [1.807, 2.05) is 6.92 Å². The molecule has 0 fully saturated rings. The summed E-state index contributed by atoms with van der Waals surface area (Å²) in [5.74, 6) is -0.327. The van der Waals surface area contributed by atoms with Gasteiger partial charge in [0.25, 0.3) is 11.5 Å². The maximum atomic E-state index is 12.4. The van der Waals surface area contributed by atoms with E-state index in [1.54, 1.807) is 29.9 Å². The number of aliphatic hydroxyl groups excluding tert-OH is 1. The van der Waals surface area contributed by atoms with Gasteiger partial charge >= 0.3 is 5.69 Å². The summed E-state index contributed by atoms with van der Waals surface area (Å²) in [4.78, 5) is 39.3. The number of rotatable bonds is 6. The van der Waals surface area contributed by atoms with Gasteiger partial charge in [-0.3, -0.25) is 18.8 Å². The molecule has 9 nitrogen and oxygen atoms in total. The average molecular weight is 371 g/mol. The van der Waals surface area contributed by atoms with Gasteiger partial charge in [-0.25, -0.2) is 4.79 Å². The van der Waals surface area contributed by atoms with Gasteiger partial charge in [0.05, 0.1) is 29.7 Å². The summed E-state index contributed by atoms with van der Waals surface area (Å²) in [5, 5.41) is 16.4. The first-order chi connectivity index (χ1) is 12.9. The lowest BCUT2D eigenvalue weighted by Crippen LogP contribution is -2.34. The second-order valence-corrected chi connectivity index (χ2v) is 6.15. The summed E-state index contributed by atoms with van der Waals surface area (Å²) in [5.41, 5.74) is 1.40. The molecule has 0 saturated heterocycles. The maximum absolute atomic E-state index is 12.4. The Morgan fingerprint density at radius 2 is 2.11 bits per heavy atom. The van der Waals surface area contributed by atoms with Crippen LogP contribution in [-0.4, -0.2) is 37.0 Å². The van der Waals surface area contributed by atoms with Gasteiger partial charge in [-0.2, -0.15) is 5.10 Å². The number of carbonyl (C=O) groups excluding carboxylic acids is 1. The van der Waals surface area contributed by atoms with Crippen molar-refractivity contribution in [2.45, 2.75) is 33.5 Å². The minimum Gasteiger partial charge on any atom is -0.394 e. The molecule has 0 radical (unpaired) electrons. The minimum absolute atomic E-state index is 0.0120. The summed E-state index contributed by atoms with van der Waals surface area (Å²) in [7, 11) is 0. The predicted octanol–water partition coefficient (Wildman–Crippen LogP) is 0.137. The normalized spacial score (nSPS) is 11.1. The smallest absolute Gasteiger partial charge is 0.328 e. The fourth-order valence-corrected chi connectivity index (χ4v) is 2.91. The van der Waals surface area contributed by atoms with Crippen molar-refractivity contribution in [1.29, 1.82) is 0 Å². The number of fused-ring (bicyclic) bond motifs is 1. The number of benzene rings is 1. The third-order valence-corrected chi connectivity index (χ3v) is 4.38. The lowest BCUT2D eigenvalue weighted by atomic mass is 10.1. The second-order valence-electron chi connectivity index (χ2n) is 6.15. The van der Waals surface area contributed by atoms with Crippen LogP contribution in [0.2, 0.25) is 0 Å². The molecule has 2 aromatic heterocycles. The Labute approximate surface area is 154 Å². The SMILES string of the molecule is CCn1c(=O)[nH]c2cc(C(=O)NCc3cn(CCO)nc3C)ccc2c1=O. The summed E-state index contributed by atoms with van der Waals surface area (Å²) < 4.78 is 2.73. The van der Waals surface area contributed by atoms with Crippen molar-refractivity contribution in [1.82, 2.24) is 24.6 Å². The van der Waals surface area contributed by atoms with Crippen LogP contribution < -0.4 is 16.6 Å². The average Bonchev–Trinajstić information content (AvgIpc) is 2.99. The van der Waals surface area contributed by atoms with E-state index in [-0.39, 0.29) is 31.2 Å². The Kier molecular flexibility index (Phi) is 5.22. The minimum atomic E-state index is -0.500. The number of aryl methyl sites for hydroxylation is 1. The molecule has 3 aromatic rings. The largest absolute Gasteiger partial charge is 0.394 e. The molecule has 2 heterocycles. The van der Waals surface area contributed by atoms with Crippen LogP contribution in [0.25, 0.3) is 10.9 Å². The fourth-order valence-electron chi connectivity index (χ4n) is 2.91. The topological polar surface area (TPSA) is 122 Å². The number of amides is 1. The van der Waals surface area contributed by atoms with Gasteiger partial charge in [0, 0.05) is 30.4 Å². The number of hydrogen-bond donors (Lipinski definition) is 3. The molecule has 0 atom stereocenters. The van der Waals surface area contributed by atoms with Crippen molar-refractivity contribution < 1.29 is 9.90 Å². The Morgan fingerprint density at radius 1 is 1.33 bits per heavy atom. The number of aromatic nitrogens is 4. The van der Waals surface area contributed by atoms with E-state index in [9.17, 15) is 14.4 Å². The van der Waals surface area contributed by atoms with Gasteiger partial charge in [-0.1, -0.05) is 0 Å². The molecule has 1 amide bonds. The monoisotopic (exact) mass is 371 g/mol. The first kappa shape index (κ1) is 18.6. The highest BCUT2D eigenvalue weighted by atomic mass is 16.3. The summed E-state index contributed by atoms with van der Waals surface area (Å²) in [6.07, 6.45) is 1.77. The Morgan fingerprint density at radius 3 is 2.81 bits per heavy atom. The lowest BCUT2D eigenvalue weighted by Gasteiger charge is -2.07. The van der Waals surface area contributed by atoms with Crippen LogP contribution in [0.3, 0.4) is 0 Å². The molecule has 3 rings (SSSR count). The lowest BCUT2D eigenvalue weighted by molar-refractivity contribution is 0.0951. The Hall–Kier alpha value is -3.20. The molecule has 0 spiro atoms. The molecular formula is C18H21N5O4. The first-order valence-electron chi connectivity index (χ1n) is 8.63. The molecule has 3 N–H and O–H groups in total. The van der Waals surface area contributed by atoms with E-state index in [0.29, 0.717) is 23.0 Å². The van der Waals surface area contributed by atoms with E-state index >= 15 is 0 Å². The van der Waals surface area contributed by atoms with E-state index in [4.69, 9.17) is 5.11 Å². The zero-order valence-corrected chi connectivity index (χ0v) is 15.2. The number of H-pyrrole nitrogens is 1. The fraction of sp³-hybridized carbons (Fsp3) is 0.333. The van der Waals surface area contributed by atoms with Crippen molar-refractivity contribution in [3.05, 3.63) is 62.1 Å². The van der Waals surface area contributed by atoms with Crippen LogP contribution in [-0.2, 0) is 19.6 Å². The molecule has 0 aliphatic rings. The van der Waals surface area contributed by atoms with Gasteiger partial charge in [0.15, 0.2) is 0 Å². The molecule has 0 aliphatic carbocycles. The zero-order valence-electron chi connectivity index (χ0n) is 15.2. The number of nitrogens with one attached hydrogen (secondary N) is 2. The van der Waals surface area contributed by atoms with Crippen molar-refractivity contribution in [2.24, 2.45) is 0 Å². The molecular weight excluding hydrogens is 350 g/mol. The van der Waals surface area contributed by atoms with Crippen LogP contribution in [0.15, 0.2) is 34.0 Å². The molecule has 27 heavy (non-hydrogen) atoms. The third-order valence-electron chi connectivity index (χ3n) is 4.38. The van der Waals surface area contributed by atoms with Crippen molar-refractivity contribution >= 4 is 16.8 Å². The van der Waals surface area contributed by atoms with E-state index in [1.165, 1.54) is 6.07 Å². The Bertz CT molecular complexity index is 1110. The molecule has 9 heteroatoms. The highest BCUT2D eigenvalue weighted by Gasteiger charge is 2.12. The number of aromatic amines is 1. The number of carbonyl (C=O) groups is 1. The van der Waals surface area contributed by atoms with Crippen molar-refractivity contribution in [3.8, 4) is 0 Å². The van der Waals surface area contributed by atoms with Gasteiger partial charge in [0.2, 0.25) is 0 Å². The number of nitrogens with zero attached hydrogens (tertiary/aromatic N) is 3. The third kappa shape index (κ3) is 3.68. The van der Waals surface area contributed by atoms with Crippen LogP contribution in [0.4, 0.5) is 0 Å². The van der Waals surface area contributed by atoms with Gasteiger partial charge < -0.3 is 15.4 Å². The van der Waals surface area contributed by atoms with E-state index in [2.05, 4.69) is 15.4 Å². The zero-order chi connectivity index (χ0) is 19.6. The summed E-state index contributed by atoms with van der Waals surface area (Å²) >= 11 is 0. The highest BCUT2D eigenvalue weighted by molar-refractivity contribution is 5.97. The quantitative estimate of drug-likeness (QED) is 0.569. The predicted molar refractivity (Wildman–Crippen MR) is 99.7 cm³/mol.